The second-order valence-electron chi connectivity index (χ2n) is 6.10. The zero-order chi connectivity index (χ0) is 16.7. The van der Waals surface area contributed by atoms with Crippen LogP contribution < -0.4 is 11.1 Å². The van der Waals surface area contributed by atoms with Gasteiger partial charge in [0.2, 0.25) is 11.8 Å². The first-order chi connectivity index (χ1) is 11.0. The zero-order valence-corrected chi connectivity index (χ0v) is 13.7. The van der Waals surface area contributed by atoms with Crippen LogP contribution in [-0.2, 0) is 16.1 Å². The third-order valence-corrected chi connectivity index (χ3v) is 3.92. The Morgan fingerprint density at radius 3 is 2.43 bits per heavy atom. The van der Waals surface area contributed by atoms with Crippen molar-refractivity contribution >= 4 is 11.8 Å². The van der Waals surface area contributed by atoms with Crippen molar-refractivity contribution in [1.29, 1.82) is 0 Å². The van der Waals surface area contributed by atoms with E-state index in [0.29, 0.717) is 32.6 Å². The number of carbonyl (C=O) groups is 2. The number of piperazine rings is 1. The minimum atomic E-state index is -0.107. The van der Waals surface area contributed by atoms with Gasteiger partial charge in [-0.2, -0.15) is 0 Å². The largest absolute Gasteiger partial charge is 0.351 e. The quantitative estimate of drug-likeness (QED) is 0.784. The molecule has 1 unspecified atom stereocenters. The van der Waals surface area contributed by atoms with E-state index in [4.69, 9.17) is 5.73 Å². The van der Waals surface area contributed by atoms with E-state index in [1.54, 1.807) is 0 Å². The molecule has 1 aromatic rings. The van der Waals surface area contributed by atoms with E-state index in [9.17, 15) is 9.59 Å². The molecular formula is C17H26N4O2. The number of carbonyl (C=O) groups excluding carboxylic acids is 2. The molecule has 0 saturated carbocycles. The van der Waals surface area contributed by atoms with Crippen molar-refractivity contribution in [3.8, 4) is 0 Å². The molecule has 0 spiro atoms. The predicted octanol–water partition coefficient (Wildman–Crippen LogP) is 0.184. The van der Waals surface area contributed by atoms with Crippen LogP contribution in [0.2, 0.25) is 0 Å². The van der Waals surface area contributed by atoms with Gasteiger partial charge in [0.15, 0.2) is 0 Å². The number of benzene rings is 1. The van der Waals surface area contributed by atoms with Gasteiger partial charge in [0.25, 0.3) is 0 Å². The molecule has 6 heteroatoms. The van der Waals surface area contributed by atoms with Crippen molar-refractivity contribution < 1.29 is 9.59 Å². The van der Waals surface area contributed by atoms with E-state index in [1.807, 2.05) is 42.2 Å². The van der Waals surface area contributed by atoms with Gasteiger partial charge in [-0.25, -0.2) is 0 Å². The van der Waals surface area contributed by atoms with Crippen molar-refractivity contribution in [3.63, 3.8) is 0 Å². The third-order valence-electron chi connectivity index (χ3n) is 3.92. The van der Waals surface area contributed by atoms with E-state index in [2.05, 4.69) is 10.2 Å². The van der Waals surface area contributed by atoms with E-state index < -0.39 is 0 Å². The number of rotatable bonds is 6. The first kappa shape index (κ1) is 17.4. The molecule has 1 heterocycles. The van der Waals surface area contributed by atoms with Crippen LogP contribution >= 0.6 is 0 Å². The summed E-state index contributed by atoms with van der Waals surface area (Å²) in [6, 6.07) is 9.74. The molecule has 1 aliphatic rings. The second-order valence-corrected chi connectivity index (χ2v) is 6.10. The molecule has 3 N–H and O–H groups in total. The average Bonchev–Trinajstić information content (AvgIpc) is 2.54. The molecule has 1 atom stereocenters. The molecule has 1 fully saturated rings. The van der Waals surface area contributed by atoms with Crippen LogP contribution in [0.25, 0.3) is 0 Å². The molecule has 6 nitrogen and oxygen atoms in total. The molecule has 0 aromatic heterocycles. The lowest BCUT2D eigenvalue weighted by Crippen LogP contribution is -2.51. The van der Waals surface area contributed by atoms with Crippen LogP contribution in [0.3, 0.4) is 0 Å². The molecule has 0 bridgehead atoms. The highest BCUT2D eigenvalue weighted by Crippen LogP contribution is 2.05. The van der Waals surface area contributed by atoms with E-state index in [1.165, 1.54) is 0 Å². The summed E-state index contributed by atoms with van der Waals surface area (Å²) in [6.45, 7) is 5.54. The van der Waals surface area contributed by atoms with Crippen LogP contribution in [0.4, 0.5) is 0 Å². The molecule has 2 amide bonds. The summed E-state index contributed by atoms with van der Waals surface area (Å²) in [5, 5.41) is 2.93. The van der Waals surface area contributed by atoms with Crippen LogP contribution in [0, 0.1) is 0 Å². The third kappa shape index (κ3) is 6.00. The fraction of sp³-hybridized carbons (Fsp3) is 0.529. The second kappa shape index (κ2) is 8.64. The molecule has 0 radical (unpaired) electrons. The van der Waals surface area contributed by atoms with Gasteiger partial charge in [-0.05, 0) is 12.5 Å². The minimum absolute atomic E-state index is 0.0178. The number of amides is 2. The van der Waals surface area contributed by atoms with Crippen LogP contribution in [0.5, 0.6) is 0 Å². The summed E-state index contributed by atoms with van der Waals surface area (Å²) < 4.78 is 0. The minimum Gasteiger partial charge on any atom is -0.351 e. The first-order valence-corrected chi connectivity index (χ1v) is 8.11. The molecule has 0 aliphatic carbocycles. The van der Waals surface area contributed by atoms with Gasteiger partial charge in [-0.3, -0.25) is 14.5 Å². The van der Waals surface area contributed by atoms with Crippen molar-refractivity contribution in [2.75, 3.05) is 32.7 Å². The lowest BCUT2D eigenvalue weighted by atomic mass is 10.2. The Balaban J connectivity index is 1.67. The maximum atomic E-state index is 12.0. The molecule has 1 aromatic carbocycles. The Morgan fingerprint density at radius 1 is 1.17 bits per heavy atom. The maximum Gasteiger partial charge on any atom is 0.234 e. The Hall–Kier alpha value is -1.92. The molecule has 23 heavy (non-hydrogen) atoms. The summed E-state index contributed by atoms with van der Waals surface area (Å²) >= 11 is 0. The smallest absolute Gasteiger partial charge is 0.234 e. The van der Waals surface area contributed by atoms with Gasteiger partial charge >= 0.3 is 0 Å². The summed E-state index contributed by atoms with van der Waals surface area (Å²) in [7, 11) is 0. The molecular weight excluding hydrogens is 292 g/mol. The van der Waals surface area contributed by atoms with Crippen LogP contribution in [0.1, 0.15) is 18.9 Å². The topological polar surface area (TPSA) is 78.7 Å². The summed E-state index contributed by atoms with van der Waals surface area (Å²) in [5.41, 5.74) is 6.75. The number of nitrogens with two attached hydrogens (primary N) is 1. The van der Waals surface area contributed by atoms with Gasteiger partial charge in [0, 0.05) is 45.2 Å². The number of hydrogen-bond acceptors (Lipinski definition) is 4. The monoisotopic (exact) mass is 318 g/mol. The Kier molecular flexibility index (Phi) is 6.55. The highest BCUT2D eigenvalue weighted by Gasteiger charge is 2.22. The van der Waals surface area contributed by atoms with Crippen LogP contribution in [0.15, 0.2) is 30.3 Å². The van der Waals surface area contributed by atoms with Crippen molar-refractivity contribution in [2.24, 2.45) is 5.73 Å². The summed E-state index contributed by atoms with van der Waals surface area (Å²) in [6.07, 6.45) is 0.386. The number of nitrogens with zero attached hydrogens (tertiary/aromatic N) is 2. The van der Waals surface area contributed by atoms with Crippen LogP contribution in [-0.4, -0.2) is 60.4 Å². The standard InChI is InChI=1S/C17H26N4O2/c1-14(18)11-17(23)21-9-7-20(8-10-21)13-16(22)19-12-15-5-3-2-4-6-15/h2-6,14H,7-13,18H2,1H3,(H,19,22). The van der Waals surface area contributed by atoms with Crippen molar-refractivity contribution in [1.82, 2.24) is 15.1 Å². The summed E-state index contributed by atoms with van der Waals surface area (Å²) in [4.78, 5) is 27.9. The van der Waals surface area contributed by atoms with Gasteiger partial charge in [-0.1, -0.05) is 30.3 Å². The van der Waals surface area contributed by atoms with Crippen molar-refractivity contribution in [3.05, 3.63) is 35.9 Å². The SMILES string of the molecule is CC(N)CC(=O)N1CCN(CC(=O)NCc2ccccc2)CC1. The Labute approximate surface area is 137 Å². The van der Waals surface area contributed by atoms with E-state index in [-0.39, 0.29) is 17.9 Å². The lowest BCUT2D eigenvalue weighted by molar-refractivity contribution is -0.133. The Bertz CT molecular complexity index is 511. The van der Waals surface area contributed by atoms with E-state index in [0.717, 1.165) is 18.7 Å². The molecule has 126 valence electrons. The lowest BCUT2D eigenvalue weighted by Gasteiger charge is -2.34. The van der Waals surface area contributed by atoms with Gasteiger partial charge in [0.1, 0.15) is 0 Å². The fourth-order valence-electron chi connectivity index (χ4n) is 2.62. The zero-order valence-electron chi connectivity index (χ0n) is 13.7. The maximum absolute atomic E-state index is 12.0. The molecule has 2 rings (SSSR count). The summed E-state index contributed by atoms with van der Waals surface area (Å²) in [5.74, 6) is 0.123. The predicted molar refractivity (Wildman–Crippen MR) is 89.6 cm³/mol. The van der Waals surface area contributed by atoms with Crippen molar-refractivity contribution in [2.45, 2.75) is 25.9 Å². The first-order valence-electron chi connectivity index (χ1n) is 8.11. The number of nitrogens with one attached hydrogen (secondary N) is 1. The number of hydrogen-bond donors (Lipinski definition) is 2. The average molecular weight is 318 g/mol. The normalized spacial score (nSPS) is 16.9. The fourth-order valence-corrected chi connectivity index (χ4v) is 2.62. The molecule has 1 aliphatic heterocycles. The highest BCUT2D eigenvalue weighted by molar-refractivity contribution is 5.78. The Morgan fingerprint density at radius 2 is 1.83 bits per heavy atom. The van der Waals surface area contributed by atoms with Gasteiger partial charge < -0.3 is 16.0 Å². The highest BCUT2D eigenvalue weighted by atomic mass is 16.2. The molecule has 1 saturated heterocycles. The van der Waals surface area contributed by atoms with Gasteiger partial charge in [-0.15, -0.1) is 0 Å². The van der Waals surface area contributed by atoms with Gasteiger partial charge in [0.05, 0.1) is 6.54 Å². The van der Waals surface area contributed by atoms with E-state index >= 15 is 0 Å².